The maximum Gasteiger partial charge on any atom is 0.170 e. The Bertz CT molecular complexity index is 465. The lowest BCUT2D eigenvalue weighted by Gasteiger charge is -2.01. The summed E-state index contributed by atoms with van der Waals surface area (Å²) in [5, 5.41) is 16.5. The topological polar surface area (TPSA) is 68.0 Å². The minimum atomic E-state index is 0.120. The lowest BCUT2D eigenvalue weighted by molar-refractivity contribution is 0.111. The zero-order valence-electron chi connectivity index (χ0n) is 7.16. The van der Waals surface area contributed by atoms with E-state index < -0.39 is 0 Å². The van der Waals surface area contributed by atoms with Crippen LogP contribution >= 0.6 is 0 Å². The summed E-state index contributed by atoms with van der Waals surface area (Å²) in [5.41, 5.74) is 0.945. The molecule has 14 heavy (non-hydrogen) atoms. The van der Waals surface area contributed by atoms with E-state index in [9.17, 15) is 9.90 Å². The van der Waals surface area contributed by atoms with Gasteiger partial charge in [-0.2, -0.15) is 0 Å². The maximum absolute atomic E-state index is 10.6. The van der Waals surface area contributed by atoms with Crippen LogP contribution in [0, 0.1) is 0 Å². The van der Waals surface area contributed by atoms with Crippen molar-refractivity contribution >= 4 is 6.29 Å². The first-order valence-electron chi connectivity index (χ1n) is 3.96. The SMILES string of the molecule is O=Cc1cnnn1-c1cccc(O)c1. The number of phenols is 1. The number of nitrogens with zero attached hydrogens (tertiary/aromatic N) is 3. The molecule has 0 aliphatic carbocycles. The van der Waals surface area contributed by atoms with Crippen LogP contribution in [0.15, 0.2) is 30.5 Å². The molecule has 5 nitrogen and oxygen atoms in total. The molecule has 0 aliphatic heterocycles. The van der Waals surface area contributed by atoms with Gasteiger partial charge in [0.05, 0.1) is 11.9 Å². The first-order valence-corrected chi connectivity index (χ1v) is 3.96. The second-order valence-electron chi connectivity index (χ2n) is 2.71. The number of carbonyl (C=O) groups is 1. The molecule has 2 aromatic rings. The minimum Gasteiger partial charge on any atom is -0.508 e. The van der Waals surface area contributed by atoms with Crippen molar-refractivity contribution < 1.29 is 9.90 Å². The van der Waals surface area contributed by atoms with Crippen molar-refractivity contribution in [2.45, 2.75) is 0 Å². The first-order chi connectivity index (χ1) is 6.81. The van der Waals surface area contributed by atoms with E-state index in [4.69, 9.17) is 0 Å². The van der Waals surface area contributed by atoms with Crippen molar-refractivity contribution in [2.75, 3.05) is 0 Å². The predicted molar refractivity (Wildman–Crippen MR) is 48.4 cm³/mol. The zero-order valence-corrected chi connectivity index (χ0v) is 7.16. The molecule has 0 aliphatic rings. The Morgan fingerprint density at radius 1 is 1.43 bits per heavy atom. The fourth-order valence-electron chi connectivity index (χ4n) is 1.15. The number of benzene rings is 1. The largest absolute Gasteiger partial charge is 0.508 e. The third-order valence-corrected chi connectivity index (χ3v) is 1.77. The number of phenolic OH excluding ortho intramolecular Hbond substituents is 1. The zero-order chi connectivity index (χ0) is 9.97. The average molecular weight is 189 g/mol. The van der Waals surface area contributed by atoms with Gasteiger partial charge in [0.15, 0.2) is 6.29 Å². The van der Waals surface area contributed by atoms with Crippen molar-refractivity contribution in [3.8, 4) is 11.4 Å². The van der Waals surface area contributed by atoms with E-state index >= 15 is 0 Å². The number of hydrogen-bond acceptors (Lipinski definition) is 4. The van der Waals surface area contributed by atoms with Crippen LogP contribution in [-0.2, 0) is 0 Å². The first kappa shape index (κ1) is 8.43. The van der Waals surface area contributed by atoms with Crippen molar-refractivity contribution in [2.24, 2.45) is 0 Å². The van der Waals surface area contributed by atoms with Gasteiger partial charge in [-0.25, -0.2) is 4.68 Å². The highest BCUT2D eigenvalue weighted by molar-refractivity contribution is 5.72. The summed E-state index contributed by atoms with van der Waals surface area (Å²) in [4.78, 5) is 10.6. The molecule has 0 saturated heterocycles. The summed E-state index contributed by atoms with van der Waals surface area (Å²) in [7, 11) is 0. The van der Waals surface area contributed by atoms with Gasteiger partial charge in [0.25, 0.3) is 0 Å². The molecular formula is C9H7N3O2. The molecule has 0 spiro atoms. The number of rotatable bonds is 2. The van der Waals surface area contributed by atoms with Gasteiger partial charge >= 0.3 is 0 Å². The van der Waals surface area contributed by atoms with E-state index in [0.717, 1.165) is 0 Å². The molecule has 2 rings (SSSR count). The van der Waals surface area contributed by atoms with E-state index in [0.29, 0.717) is 17.7 Å². The molecule has 1 aromatic carbocycles. The number of aromatic hydroxyl groups is 1. The molecule has 0 saturated carbocycles. The van der Waals surface area contributed by atoms with Gasteiger partial charge in [0.2, 0.25) is 0 Å². The fraction of sp³-hybridized carbons (Fsp3) is 0. The molecule has 1 aromatic heterocycles. The van der Waals surface area contributed by atoms with E-state index in [2.05, 4.69) is 10.3 Å². The second-order valence-corrected chi connectivity index (χ2v) is 2.71. The van der Waals surface area contributed by atoms with Gasteiger partial charge in [-0.15, -0.1) is 5.10 Å². The second kappa shape index (κ2) is 3.29. The van der Waals surface area contributed by atoms with E-state index in [1.807, 2.05) is 0 Å². The molecule has 0 atom stereocenters. The summed E-state index contributed by atoms with van der Waals surface area (Å²) < 4.78 is 1.35. The van der Waals surface area contributed by atoms with E-state index in [1.165, 1.54) is 16.9 Å². The fourth-order valence-corrected chi connectivity index (χ4v) is 1.15. The maximum atomic E-state index is 10.6. The molecule has 5 heteroatoms. The van der Waals surface area contributed by atoms with Crippen molar-refractivity contribution in [1.29, 1.82) is 0 Å². The highest BCUT2D eigenvalue weighted by atomic mass is 16.3. The van der Waals surface area contributed by atoms with Crippen LogP contribution in [0.25, 0.3) is 5.69 Å². The molecule has 0 amide bonds. The lowest BCUT2D eigenvalue weighted by atomic mass is 10.3. The average Bonchev–Trinajstić information content (AvgIpc) is 2.65. The lowest BCUT2D eigenvalue weighted by Crippen LogP contribution is -2.00. The Labute approximate surface area is 79.6 Å². The molecule has 70 valence electrons. The summed E-state index contributed by atoms with van der Waals surface area (Å²) in [6.45, 7) is 0. The molecule has 1 N–H and O–H groups in total. The van der Waals surface area contributed by atoms with Crippen LogP contribution in [0.2, 0.25) is 0 Å². The normalized spacial score (nSPS) is 10.0. The van der Waals surface area contributed by atoms with Gasteiger partial charge in [0, 0.05) is 6.07 Å². The smallest absolute Gasteiger partial charge is 0.170 e. The summed E-state index contributed by atoms with van der Waals surface area (Å²) >= 11 is 0. The Hall–Kier alpha value is -2.17. The van der Waals surface area contributed by atoms with Gasteiger partial charge in [-0.3, -0.25) is 4.79 Å². The molecule has 0 bridgehead atoms. The third kappa shape index (κ3) is 1.35. The molecule has 0 fully saturated rings. The minimum absolute atomic E-state index is 0.120. The Morgan fingerprint density at radius 2 is 2.29 bits per heavy atom. The summed E-state index contributed by atoms with van der Waals surface area (Å²) in [5.74, 6) is 0.120. The highest BCUT2D eigenvalue weighted by Crippen LogP contribution is 2.14. The number of aldehydes is 1. The highest BCUT2D eigenvalue weighted by Gasteiger charge is 2.04. The monoisotopic (exact) mass is 189 g/mol. The predicted octanol–water partition coefficient (Wildman–Crippen LogP) is 0.785. The Balaban J connectivity index is 2.54. The van der Waals surface area contributed by atoms with E-state index in [1.54, 1.807) is 18.2 Å². The summed E-state index contributed by atoms with van der Waals surface area (Å²) in [6.07, 6.45) is 2.01. The van der Waals surface area contributed by atoms with Crippen LogP contribution in [0.5, 0.6) is 5.75 Å². The summed E-state index contributed by atoms with van der Waals surface area (Å²) in [6, 6.07) is 6.44. The van der Waals surface area contributed by atoms with Crippen molar-refractivity contribution in [3.05, 3.63) is 36.2 Å². The Kier molecular flexibility index (Phi) is 1.98. The molecule has 0 radical (unpaired) electrons. The molecule has 0 unspecified atom stereocenters. The number of hydrogen-bond donors (Lipinski definition) is 1. The van der Waals surface area contributed by atoms with Crippen LogP contribution in [0.4, 0.5) is 0 Å². The van der Waals surface area contributed by atoms with Crippen LogP contribution in [0.3, 0.4) is 0 Å². The number of aromatic nitrogens is 3. The van der Waals surface area contributed by atoms with Gasteiger partial charge in [-0.1, -0.05) is 11.3 Å². The third-order valence-electron chi connectivity index (χ3n) is 1.77. The molecular weight excluding hydrogens is 182 g/mol. The van der Waals surface area contributed by atoms with Crippen molar-refractivity contribution in [1.82, 2.24) is 15.0 Å². The van der Waals surface area contributed by atoms with Crippen LogP contribution in [0.1, 0.15) is 10.5 Å². The van der Waals surface area contributed by atoms with Gasteiger partial charge in [-0.05, 0) is 12.1 Å². The quantitative estimate of drug-likeness (QED) is 0.709. The van der Waals surface area contributed by atoms with Gasteiger partial charge in [0.1, 0.15) is 11.4 Å². The number of carbonyl (C=O) groups excluding carboxylic acids is 1. The Morgan fingerprint density at radius 3 is 3.00 bits per heavy atom. The standard InChI is InChI=1S/C9H7N3O2/c13-6-8-5-10-11-12(8)7-2-1-3-9(14)4-7/h1-6,14H. The van der Waals surface area contributed by atoms with Crippen molar-refractivity contribution in [3.63, 3.8) is 0 Å². The van der Waals surface area contributed by atoms with Crippen LogP contribution < -0.4 is 0 Å². The molecule has 1 heterocycles. The van der Waals surface area contributed by atoms with E-state index in [-0.39, 0.29) is 5.75 Å². The van der Waals surface area contributed by atoms with Crippen LogP contribution in [-0.4, -0.2) is 26.4 Å². The van der Waals surface area contributed by atoms with Gasteiger partial charge < -0.3 is 5.11 Å².